The molecule has 0 bridgehead atoms. The Morgan fingerprint density at radius 1 is 0.684 bits per heavy atom. The number of carbonyl (C=O) groups excluding carboxylic acids is 2. The van der Waals surface area contributed by atoms with Crippen molar-refractivity contribution < 1.29 is 9.59 Å². The molecule has 6 nitrogen and oxygen atoms in total. The van der Waals surface area contributed by atoms with Crippen LogP contribution in [0.2, 0.25) is 0 Å². The molecule has 2 saturated heterocycles. The summed E-state index contributed by atoms with van der Waals surface area (Å²) in [5, 5.41) is 13.3. The van der Waals surface area contributed by atoms with Gasteiger partial charge in [-0.2, -0.15) is 0 Å². The second kappa shape index (κ2) is 16.2. The van der Waals surface area contributed by atoms with Crippen LogP contribution in [0.5, 0.6) is 0 Å². The lowest BCUT2D eigenvalue weighted by atomic mass is 10.0. The Labute approximate surface area is 235 Å². The molecule has 4 rings (SSSR count). The second-order valence-electron chi connectivity index (χ2n) is 10.2. The van der Waals surface area contributed by atoms with Crippen LogP contribution in [0.1, 0.15) is 84.9 Å². The highest BCUT2D eigenvalue weighted by atomic mass is 33.1. The van der Waals surface area contributed by atoms with Crippen molar-refractivity contribution in [3.8, 4) is 0 Å². The topological polar surface area (TPSA) is 82.3 Å². The van der Waals surface area contributed by atoms with Gasteiger partial charge in [-0.1, -0.05) is 58.7 Å². The molecule has 2 aliphatic rings. The second-order valence-corrected chi connectivity index (χ2v) is 12.5. The van der Waals surface area contributed by atoms with E-state index in [2.05, 4.69) is 21.3 Å². The third-order valence-corrected chi connectivity index (χ3v) is 9.82. The molecule has 8 heteroatoms. The van der Waals surface area contributed by atoms with Crippen molar-refractivity contribution in [2.75, 3.05) is 26.2 Å². The maximum Gasteiger partial charge on any atom is 0.252 e. The van der Waals surface area contributed by atoms with E-state index in [9.17, 15) is 9.59 Å². The third kappa shape index (κ3) is 9.33. The minimum atomic E-state index is -0.0382. The Balaban J connectivity index is 1.24. The van der Waals surface area contributed by atoms with Crippen LogP contribution in [0.4, 0.5) is 0 Å². The number of rotatable bonds is 13. The van der Waals surface area contributed by atoms with Gasteiger partial charge in [-0.15, -0.1) is 0 Å². The summed E-state index contributed by atoms with van der Waals surface area (Å²) in [4.78, 5) is 27.7. The van der Waals surface area contributed by atoms with Crippen molar-refractivity contribution in [3.63, 3.8) is 0 Å². The van der Waals surface area contributed by atoms with Gasteiger partial charge in [0, 0.05) is 35.0 Å². The summed E-state index contributed by atoms with van der Waals surface area (Å²) in [6, 6.07) is 16.6. The Bertz CT molecular complexity index is 941. The monoisotopic (exact) mass is 554 g/mol. The SMILES string of the molecule is O=C(NCCCC1CCCCN1)c1ccccc1SSc1ccccc1C(=O)NCCCC1CCCCN1. The molecule has 2 atom stereocenters. The van der Waals surface area contributed by atoms with Gasteiger partial charge in [0.25, 0.3) is 11.8 Å². The number of piperidine rings is 2. The van der Waals surface area contributed by atoms with E-state index in [1.807, 2.05) is 48.5 Å². The molecule has 2 heterocycles. The Kier molecular flexibility index (Phi) is 12.3. The first-order chi connectivity index (χ1) is 18.7. The first-order valence-corrected chi connectivity index (χ1v) is 16.4. The molecule has 2 unspecified atom stereocenters. The summed E-state index contributed by atoms with van der Waals surface area (Å²) in [5.74, 6) is -0.0763. The van der Waals surface area contributed by atoms with Crippen LogP contribution in [0.15, 0.2) is 58.3 Å². The van der Waals surface area contributed by atoms with Crippen LogP contribution in [-0.4, -0.2) is 50.1 Å². The molecule has 0 saturated carbocycles. The molecular weight excluding hydrogens is 512 g/mol. The van der Waals surface area contributed by atoms with Gasteiger partial charge < -0.3 is 21.3 Å². The molecule has 2 fully saturated rings. The number of amides is 2. The molecule has 0 aliphatic carbocycles. The number of benzene rings is 2. The van der Waals surface area contributed by atoms with Crippen LogP contribution >= 0.6 is 21.6 Å². The zero-order chi connectivity index (χ0) is 26.4. The maximum atomic E-state index is 12.9. The van der Waals surface area contributed by atoms with Gasteiger partial charge >= 0.3 is 0 Å². The highest BCUT2D eigenvalue weighted by Gasteiger charge is 2.17. The summed E-state index contributed by atoms with van der Waals surface area (Å²) in [6.07, 6.45) is 11.8. The predicted molar refractivity (Wildman–Crippen MR) is 159 cm³/mol. The molecule has 2 amide bonds. The molecule has 0 radical (unpaired) electrons. The average molecular weight is 555 g/mol. The van der Waals surface area contributed by atoms with Crippen LogP contribution < -0.4 is 21.3 Å². The minimum Gasteiger partial charge on any atom is -0.352 e. The van der Waals surface area contributed by atoms with E-state index in [-0.39, 0.29) is 11.8 Å². The van der Waals surface area contributed by atoms with E-state index >= 15 is 0 Å². The minimum absolute atomic E-state index is 0.0382. The van der Waals surface area contributed by atoms with Gasteiger partial charge in [0.15, 0.2) is 0 Å². The lowest BCUT2D eigenvalue weighted by Gasteiger charge is -2.23. The Morgan fingerprint density at radius 3 is 1.55 bits per heavy atom. The first-order valence-electron chi connectivity index (χ1n) is 14.3. The van der Waals surface area contributed by atoms with Crippen molar-refractivity contribution in [1.29, 1.82) is 0 Å². The summed E-state index contributed by atoms with van der Waals surface area (Å²) in [6.45, 7) is 3.59. The molecule has 2 aromatic rings. The lowest BCUT2D eigenvalue weighted by molar-refractivity contribution is 0.0941. The standard InChI is InChI=1S/C30H42N4O2S2/c35-29(33-21-9-13-23-11-5-7-19-31-23)25-15-1-3-17-27(25)37-38-28-18-4-2-16-26(28)30(36)34-22-10-14-24-12-6-8-20-32-24/h1-4,15-18,23-24,31-32H,5-14,19-22H2,(H,33,35)(H,34,36). The van der Waals surface area contributed by atoms with Crippen molar-refractivity contribution in [1.82, 2.24) is 21.3 Å². The van der Waals surface area contributed by atoms with E-state index in [0.717, 1.165) is 48.6 Å². The van der Waals surface area contributed by atoms with E-state index in [0.29, 0.717) is 36.3 Å². The number of nitrogens with one attached hydrogen (secondary N) is 4. The maximum absolute atomic E-state index is 12.9. The summed E-state index contributed by atoms with van der Waals surface area (Å²) in [5.41, 5.74) is 1.36. The third-order valence-electron chi connectivity index (χ3n) is 7.34. The zero-order valence-corrected chi connectivity index (χ0v) is 23.9. The van der Waals surface area contributed by atoms with Gasteiger partial charge in [0.1, 0.15) is 0 Å². The molecule has 206 valence electrons. The first kappa shape index (κ1) is 29.0. The van der Waals surface area contributed by atoms with E-state index in [1.54, 1.807) is 0 Å². The fourth-order valence-electron chi connectivity index (χ4n) is 5.18. The fourth-order valence-corrected chi connectivity index (χ4v) is 7.54. The highest BCUT2D eigenvalue weighted by Crippen LogP contribution is 2.40. The van der Waals surface area contributed by atoms with Crippen LogP contribution in [0.3, 0.4) is 0 Å². The van der Waals surface area contributed by atoms with E-state index in [4.69, 9.17) is 0 Å². The van der Waals surface area contributed by atoms with Crippen LogP contribution in [0.25, 0.3) is 0 Å². The molecular formula is C30H42N4O2S2. The number of hydrogen-bond acceptors (Lipinski definition) is 6. The molecule has 0 aromatic heterocycles. The number of carbonyl (C=O) groups is 2. The van der Waals surface area contributed by atoms with E-state index in [1.165, 1.54) is 60.1 Å². The zero-order valence-electron chi connectivity index (χ0n) is 22.3. The molecule has 0 spiro atoms. The summed E-state index contributed by atoms with van der Waals surface area (Å²) >= 11 is 0. The van der Waals surface area contributed by atoms with Crippen LogP contribution in [-0.2, 0) is 0 Å². The normalized spacial score (nSPS) is 19.6. The molecule has 4 N–H and O–H groups in total. The van der Waals surface area contributed by atoms with Gasteiger partial charge in [0.05, 0.1) is 11.1 Å². The van der Waals surface area contributed by atoms with Gasteiger partial charge in [-0.05, 0) is 88.7 Å². The quantitative estimate of drug-likeness (QED) is 0.185. The van der Waals surface area contributed by atoms with Gasteiger partial charge in [0.2, 0.25) is 0 Å². The van der Waals surface area contributed by atoms with Crippen molar-refractivity contribution >= 4 is 33.4 Å². The summed E-state index contributed by atoms with van der Waals surface area (Å²) < 4.78 is 0. The highest BCUT2D eigenvalue weighted by molar-refractivity contribution is 8.76. The lowest BCUT2D eigenvalue weighted by Crippen LogP contribution is -2.35. The number of hydrogen-bond donors (Lipinski definition) is 4. The fraction of sp³-hybridized carbons (Fsp3) is 0.533. The van der Waals surface area contributed by atoms with Crippen molar-refractivity contribution in [2.45, 2.75) is 86.1 Å². The largest absolute Gasteiger partial charge is 0.352 e. The van der Waals surface area contributed by atoms with Crippen LogP contribution in [0, 0.1) is 0 Å². The summed E-state index contributed by atoms with van der Waals surface area (Å²) in [7, 11) is 3.05. The molecule has 2 aliphatic heterocycles. The smallest absolute Gasteiger partial charge is 0.252 e. The molecule has 2 aromatic carbocycles. The van der Waals surface area contributed by atoms with Crippen molar-refractivity contribution in [2.24, 2.45) is 0 Å². The Hall–Kier alpha value is -2.00. The van der Waals surface area contributed by atoms with Gasteiger partial charge in [-0.25, -0.2) is 0 Å². The van der Waals surface area contributed by atoms with E-state index < -0.39 is 0 Å². The van der Waals surface area contributed by atoms with Gasteiger partial charge in [-0.3, -0.25) is 9.59 Å². The predicted octanol–water partition coefficient (Wildman–Crippen LogP) is 5.79. The Morgan fingerprint density at radius 2 is 1.13 bits per heavy atom. The average Bonchev–Trinajstić information content (AvgIpc) is 2.97. The molecule has 38 heavy (non-hydrogen) atoms. The van der Waals surface area contributed by atoms with Crippen molar-refractivity contribution in [3.05, 3.63) is 59.7 Å².